The second-order valence-electron chi connectivity index (χ2n) is 2.24. The second kappa shape index (κ2) is 4.30. The van der Waals surface area contributed by atoms with Gasteiger partial charge in [-0.15, -0.1) is 0 Å². The number of rotatable bonds is 4. The molecule has 0 aliphatic heterocycles. The summed E-state index contributed by atoms with van der Waals surface area (Å²) in [7, 11) is 0. The molecule has 0 spiro atoms. The molecule has 3 nitrogen and oxygen atoms in total. The summed E-state index contributed by atoms with van der Waals surface area (Å²) in [6.07, 6.45) is -4.67. The Kier molecular flexibility index (Phi) is 4.02. The standard InChI is InChI=1S/C6H10F3NO2/c1-2-10-3-4(5(11)12)6(7,8)9/h4,10H,2-3H2,1H3,(H,11,12). The predicted molar refractivity (Wildman–Crippen MR) is 35.7 cm³/mol. The number of aliphatic carboxylic acids is 1. The van der Waals surface area contributed by atoms with E-state index in [9.17, 15) is 18.0 Å². The van der Waals surface area contributed by atoms with Gasteiger partial charge in [-0.25, -0.2) is 0 Å². The molecule has 0 heterocycles. The van der Waals surface area contributed by atoms with Crippen LogP contribution in [0.25, 0.3) is 0 Å². The van der Waals surface area contributed by atoms with Crippen LogP contribution < -0.4 is 5.32 Å². The molecule has 1 unspecified atom stereocenters. The molecule has 0 saturated carbocycles. The Balaban J connectivity index is 4.15. The fourth-order valence-corrected chi connectivity index (χ4v) is 0.632. The minimum Gasteiger partial charge on any atom is -0.481 e. The fraction of sp³-hybridized carbons (Fsp3) is 0.833. The molecular weight excluding hydrogens is 175 g/mol. The summed E-state index contributed by atoms with van der Waals surface area (Å²) in [4.78, 5) is 10.1. The van der Waals surface area contributed by atoms with Crippen LogP contribution in [-0.4, -0.2) is 30.3 Å². The van der Waals surface area contributed by atoms with Gasteiger partial charge in [0, 0.05) is 6.54 Å². The number of carboxylic acids is 1. The molecule has 72 valence electrons. The van der Waals surface area contributed by atoms with Crippen LogP contribution in [0.4, 0.5) is 13.2 Å². The van der Waals surface area contributed by atoms with E-state index in [1.165, 1.54) is 0 Å². The molecule has 0 aromatic carbocycles. The lowest BCUT2D eigenvalue weighted by Gasteiger charge is -2.15. The number of nitrogens with one attached hydrogen (secondary N) is 1. The molecule has 0 radical (unpaired) electrons. The van der Waals surface area contributed by atoms with Crippen LogP contribution in [0.1, 0.15) is 6.92 Å². The Morgan fingerprint density at radius 2 is 2.08 bits per heavy atom. The molecule has 0 aliphatic carbocycles. The maximum absolute atomic E-state index is 11.9. The van der Waals surface area contributed by atoms with Gasteiger partial charge in [0.05, 0.1) is 0 Å². The second-order valence-corrected chi connectivity index (χ2v) is 2.24. The topological polar surface area (TPSA) is 49.3 Å². The van der Waals surface area contributed by atoms with Gasteiger partial charge in [0.2, 0.25) is 0 Å². The summed E-state index contributed by atoms with van der Waals surface area (Å²) >= 11 is 0. The SMILES string of the molecule is CCNCC(C(=O)O)C(F)(F)F. The third kappa shape index (κ3) is 3.56. The fourth-order valence-electron chi connectivity index (χ4n) is 0.632. The summed E-state index contributed by atoms with van der Waals surface area (Å²) < 4.78 is 35.6. The smallest absolute Gasteiger partial charge is 0.403 e. The van der Waals surface area contributed by atoms with Crippen molar-refractivity contribution in [3.8, 4) is 0 Å². The third-order valence-corrected chi connectivity index (χ3v) is 1.29. The van der Waals surface area contributed by atoms with Gasteiger partial charge in [0.1, 0.15) is 0 Å². The van der Waals surface area contributed by atoms with E-state index < -0.39 is 24.6 Å². The van der Waals surface area contributed by atoms with E-state index in [1.807, 2.05) is 0 Å². The molecule has 0 bridgehead atoms. The van der Waals surface area contributed by atoms with Crippen LogP contribution in [0.3, 0.4) is 0 Å². The molecule has 12 heavy (non-hydrogen) atoms. The molecule has 0 aromatic rings. The third-order valence-electron chi connectivity index (χ3n) is 1.29. The molecular formula is C6H10F3NO2. The van der Waals surface area contributed by atoms with Gasteiger partial charge in [-0.1, -0.05) is 6.92 Å². The minimum atomic E-state index is -4.67. The maximum Gasteiger partial charge on any atom is 0.403 e. The van der Waals surface area contributed by atoms with Gasteiger partial charge in [-0.2, -0.15) is 13.2 Å². The lowest BCUT2D eigenvalue weighted by molar-refractivity contribution is -0.192. The highest BCUT2D eigenvalue weighted by Crippen LogP contribution is 2.25. The molecule has 0 aromatic heterocycles. The first-order valence-corrected chi connectivity index (χ1v) is 3.39. The van der Waals surface area contributed by atoms with E-state index in [0.29, 0.717) is 6.54 Å². The molecule has 0 rings (SSSR count). The first-order chi connectivity index (χ1) is 5.39. The van der Waals surface area contributed by atoms with Crippen molar-refractivity contribution in [2.45, 2.75) is 13.1 Å². The van der Waals surface area contributed by atoms with E-state index in [0.717, 1.165) is 0 Å². The molecule has 2 N–H and O–H groups in total. The first kappa shape index (κ1) is 11.2. The van der Waals surface area contributed by atoms with Gasteiger partial charge in [0.25, 0.3) is 0 Å². The van der Waals surface area contributed by atoms with Crippen LogP contribution >= 0.6 is 0 Å². The normalized spacial score (nSPS) is 14.3. The van der Waals surface area contributed by atoms with Crippen molar-refractivity contribution in [2.24, 2.45) is 5.92 Å². The molecule has 6 heteroatoms. The average Bonchev–Trinajstić information content (AvgIpc) is 1.84. The molecule has 1 atom stereocenters. The van der Waals surface area contributed by atoms with Crippen molar-refractivity contribution in [3.05, 3.63) is 0 Å². The molecule has 0 saturated heterocycles. The van der Waals surface area contributed by atoms with Gasteiger partial charge in [0.15, 0.2) is 5.92 Å². The van der Waals surface area contributed by atoms with E-state index in [2.05, 4.69) is 5.32 Å². The molecule has 0 fully saturated rings. The Morgan fingerprint density at radius 1 is 1.58 bits per heavy atom. The van der Waals surface area contributed by atoms with E-state index in [4.69, 9.17) is 5.11 Å². The maximum atomic E-state index is 11.9. The number of carboxylic acid groups (broad SMARTS) is 1. The zero-order chi connectivity index (χ0) is 9.78. The monoisotopic (exact) mass is 185 g/mol. The summed E-state index contributed by atoms with van der Waals surface area (Å²) in [5, 5.41) is 10.5. The zero-order valence-electron chi connectivity index (χ0n) is 6.48. The van der Waals surface area contributed by atoms with Gasteiger partial charge in [-0.05, 0) is 6.54 Å². The molecule has 0 amide bonds. The number of hydrogen-bond donors (Lipinski definition) is 2. The average molecular weight is 185 g/mol. The largest absolute Gasteiger partial charge is 0.481 e. The lowest BCUT2D eigenvalue weighted by atomic mass is 10.1. The van der Waals surface area contributed by atoms with Crippen LogP contribution in [0.15, 0.2) is 0 Å². The van der Waals surface area contributed by atoms with Crippen LogP contribution in [0.2, 0.25) is 0 Å². The molecule has 0 aliphatic rings. The van der Waals surface area contributed by atoms with Gasteiger partial charge in [-0.3, -0.25) is 4.79 Å². The Labute approximate surface area is 67.6 Å². The van der Waals surface area contributed by atoms with Crippen molar-refractivity contribution in [1.29, 1.82) is 0 Å². The highest BCUT2D eigenvalue weighted by Gasteiger charge is 2.44. The van der Waals surface area contributed by atoms with E-state index >= 15 is 0 Å². The number of halogens is 3. The van der Waals surface area contributed by atoms with Crippen LogP contribution in [0, 0.1) is 5.92 Å². The summed E-state index contributed by atoms with van der Waals surface area (Å²) in [5.74, 6) is -4.15. The predicted octanol–water partition coefficient (Wildman–Crippen LogP) is 0.859. The zero-order valence-corrected chi connectivity index (χ0v) is 6.48. The van der Waals surface area contributed by atoms with Gasteiger partial charge >= 0.3 is 12.1 Å². The quantitative estimate of drug-likeness (QED) is 0.682. The lowest BCUT2D eigenvalue weighted by Crippen LogP contribution is -2.38. The first-order valence-electron chi connectivity index (χ1n) is 3.39. The Morgan fingerprint density at radius 3 is 2.33 bits per heavy atom. The summed E-state index contributed by atoms with van der Waals surface area (Å²) in [5.41, 5.74) is 0. The van der Waals surface area contributed by atoms with Crippen molar-refractivity contribution in [1.82, 2.24) is 5.32 Å². The van der Waals surface area contributed by atoms with Crippen molar-refractivity contribution < 1.29 is 23.1 Å². The van der Waals surface area contributed by atoms with Crippen molar-refractivity contribution in [3.63, 3.8) is 0 Å². The number of hydrogen-bond acceptors (Lipinski definition) is 2. The highest BCUT2D eigenvalue weighted by molar-refractivity contribution is 5.71. The van der Waals surface area contributed by atoms with Crippen molar-refractivity contribution >= 4 is 5.97 Å². The summed E-state index contributed by atoms with van der Waals surface area (Å²) in [6, 6.07) is 0. The van der Waals surface area contributed by atoms with E-state index in [-0.39, 0.29) is 0 Å². The number of carbonyl (C=O) groups is 1. The van der Waals surface area contributed by atoms with Crippen LogP contribution in [-0.2, 0) is 4.79 Å². The highest BCUT2D eigenvalue weighted by atomic mass is 19.4. The minimum absolute atomic E-state index is 0.319. The van der Waals surface area contributed by atoms with E-state index in [1.54, 1.807) is 6.92 Å². The Hall–Kier alpha value is -0.780. The van der Waals surface area contributed by atoms with Crippen molar-refractivity contribution in [2.75, 3.05) is 13.1 Å². The summed E-state index contributed by atoms with van der Waals surface area (Å²) in [6.45, 7) is 1.35. The number of alkyl halides is 3. The van der Waals surface area contributed by atoms with Crippen LogP contribution in [0.5, 0.6) is 0 Å². The van der Waals surface area contributed by atoms with Gasteiger partial charge < -0.3 is 10.4 Å². The Bertz CT molecular complexity index is 157.